The van der Waals surface area contributed by atoms with Gasteiger partial charge in [0.1, 0.15) is 18.2 Å². The fourth-order valence-electron chi connectivity index (χ4n) is 3.74. The molecule has 3 aromatic rings. The number of anilines is 2. The first-order valence-corrected chi connectivity index (χ1v) is 12.8. The molecule has 1 fully saturated rings. The number of hydrogen-bond acceptors (Lipinski definition) is 5. The Labute approximate surface area is 219 Å². The van der Waals surface area contributed by atoms with Crippen molar-refractivity contribution in [1.82, 2.24) is 0 Å². The van der Waals surface area contributed by atoms with Gasteiger partial charge in [0.2, 0.25) is 0 Å². The summed E-state index contributed by atoms with van der Waals surface area (Å²) < 4.78 is 20.2. The van der Waals surface area contributed by atoms with Gasteiger partial charge in [-0.3, -0.25) is 9.69 Å². The van der Waals surface area contributed by atoms with Gasteiger partial charge in [0.25, 0.3) is 5.91 Å². The normalized spacial score (nSPS) is 14.6. The lowest BCUT2D eigenvalue weighted by atomic mass is 10.1. The van der Waals surface area contributed by atoms with Crippen molar-refractivity contribution in [1.29, 1.82) is 0 Å². The van der Waals surface area contributed by atoms with E-state index in [1.807, 2.05) is 48.5 Å². The molecule has 0 atom stereocenters. The zero-order valence-electron chi connectivity index (χ0n) is 19.3. The highest BCUT2D eigenvalue weighted by atomic mass is 35.5. The van der Waals surface area contributed by atoms with Gasteiger partial charge in [-0.15, -0.1) is 0 Å². The average Bonchev–Trinajstić information content (AvgIpc) is 3.14. The quantitative estimate of drug-likeness (QED) is 0.227. The fourth-order valence-corrected chi connectivity index (χ4v) is 5.21. The fraction of sp³-hybridized carbons (Fsp3) is 0.185. The highest BCUT2D eigenvalue weighted by molar-refractivity contribution is 8.27. The van der Waals surface area contributed by atoms with Crippen molar-refractivity contribution in [3.63, 3.8) is 0 Å². The Morgan fingerprint density at radius 3 is 2.51 bits per heavy atom. The maximum absolute atomic E-state index is 13.6. The Hall–Kier alpha value is -2.87. The van der Waals surface area contributed by atoms with Crippen LogP contribution in [-0.2, 0) is 11.4 Å². The van der Waals surface area contributed by atoms with Crippen LogP contribution in [0.4, 0.5) is 15.8 Å². The Morgan fingerprint density at radius 1 is 1.09 bits per heavy atom. The summed E-state index contributed by atoms with van der Waals surface area (Å²) in [5, 5.41) is -0.0656. The zero-order valence-corrected chi connectivity index (χ0v) is 21.7. The van der Waals surface area contributed by atoms with Gasteiger partial charge >= 0.3 is 0 Å². The first kappa shape index (κ1) is 25.2. The summed E-state index contributed by atoms with van der Waals surface area (Å²) in [5.41, 5.74) is 3.30. The van der Waals surface area contributed by atoms with E-state index in [0.717, 1.165) is 29.9 Å². The van der Waals surface area contributed by atoms with E-state index in [1.165, 1.54) is 34.9 Å². The number of carbonyl (C=O) groups excluding carboxylic acids is 1. The molecule has 180 valence electrons. The van der Waals surface area contributed by atoms with Gasteiger partial charge < -0.3 is 9.64 Å². The summed E-state index contributed by atoms with van der Waals surface area (Å²) in [5.74, 6) is -0.164. The maximum Gasteiger partial charge on any atom is 0.270 e. The highest BCUT2D eigenvalue weighted by Crippen LogP contribution is 2.39. The molecule has 1 saturated heterocycles. The number of nitrogens with zero attached hydrogens (tertiary/aromatic N) is 2. The second kappa shape index (κ2) is 11.2. The number of hydrogen-bond donors (Lipinski definition) is 0. The predicted molar refractivity (Wildman–Crippen MR) is 148 cm³/mol. The molecule has 0 spiro atoms. The van der Waals surface area contributed by atoms with Gasteiger partial charge in [0, 0.05) is 30.4 Å². The van der Waals surface area contributed by atoms with Crippen LogP contribution in [0, 0.1) is 5.82 Å². The lowest BCUT2D eigenvalue weighted by Crippen LogP contribution is -2.27. The number of rotatable bonds is 8. The standard InChI is InChI=1S/C27H24ClFN2O2S2/c1-3-30(4-2)20-11-10-19(24(16-20)33-17-18-8-6-5-7-9-18)14-25-26(32)31(27(34)35-25)21-12-13-23(29)22(28)15-21/h5-16H,3-4,17H2,1-2H3/b25-14+. The topological polar surface area (TPSA) is 32.8 Å². The molecule has 4 nitrogen and oxygen atoms in total. The van der Waals surface area contributed by atoms with E-state index in [1.54, 1.807) is 6.08 Å². The predicted octanol–water partition coefficient (Wildman–Crippen LogP) is 7.31. The maximum atomic E-state index is 13.6. The van der Waals surface area contributed by atoms with Gasteiger partial charge in [0.05, 0.1) is 15.6 Å². The third-order valence-electron chi connectivity index (χ3n) is 5.60. The van der Waals surface area contributed by atoms with E-state index in [4.69, 9.17) is 28.6 Å². The van der Waals surface area contributed by atoms with Crippen LogP contribution in [0.3, 0.4) is 0 Å². The summed E-state index contributed by atoms with van der Waals surface area (Å²) in [6.45, 7) is 6.35. The number of thioether (sulfide) groups is 1. The van der Waals surface area contributed by atoms with Crippen LogP contribution in [0.1, 0.15) is 25.0 Å². The second-order valence-corrected chi connectivity index (χ2v) is 9.87. The van der Waals surface area contributed by atoms with Crippen molar-refractivity contribution in [2.45, 2.75) is 20.5 Å². The third kappa shape index (κ3) is 5.69. The van der Waals surface area contributed by atoms with Crippen LogP contribution in [0.15, 0.2) is 71.6 Å². The Kier molecular flexibility index (Phi) is 8.11. The minimum absolute atomic E-state index is 0.0656. The Bertz CT molecular complexity index is 1280. The molecular weight excluding hydrogens is 503 g/mol. The average molecular weight is 527 g/mol. The molecule has 1 aliphatic rings. The molecule has 35 heavy (non-hydrogen) atoms. The molecule has 0 saturated carbocycles. The molecule has 1 aliphatic heterocycles. The van der Waals surface area contributed by atoms with Crippen LogP contribution in [0.5, 0.6) is 5.75 Å². The molecule has 0 unspecified atom stereocenters. The van der Waals surface area contributed by atoms with Gasteiger partial charge in [-0.05, 0) is 55.8 Å². The number of ether oxygens (including phenoxy) is 1. The summed E-state index contributed by atoms with van der Waals surface area (Å²) in [6.07, 6.45) is 1.79. The van der Waals surface area contributed by atoms with Crippen LogP contribution >= 0.6 is 35.6 Å². The van der Waals surface area contributed by atoms with Crippen molar-refractivity contribution in [3.8, 4) is 5.75 Å². The van der Waals surface area contributed by atoms with Crippen molar-refractivity contribution in [3.05, 3.63) is 93.6 Å². The third-order valence-corrected chi connectivity index (χ3v) is 7.20. The Balaban J connectivity index is 1.67. The van der Waals surface area contributed by atoms with Crippen LogP contribution in [-0.4, -0.2) is 23.3 Å². The number of thiocarbonyl (C=S) groups is 1. The van der Waals surface area contributed by atoms with E-state index in [2.05, 4.69) is 18.7 Å². The minimum atomic E-state index is -0.551. The van der Waals surface area contributed by atoms with Crippen molar-refractivity contribution < 1.29 is 13.9 Å². The van der Waals surface area contributed by atoms with Crippen molar-refractivity contribution >= 4 is 63.3 Å². The molecule has 3 aromatic carbocycles. The lowest BCUT2D eigenvalue weighted by molar-refractivity contribution is -0.113. The first-order valence-electron chi connectivity index (χ1n) is 11.2. The second-order valence-electron chi connectivity index (χ2n) is 7.78. The minimum Gasteiger partial charge on any atom is -0.488 e. The molecule has 0 aliphatic carbocycles. The van der Waals surface area contributed by atoms with Crippen LogP contribution in [0.2, 0.25) is 5.02 Å². The SMILES string of the molecule is CCN(CC)c1ccc(/C=C2/SC(=S)N(c3ccc(F)c(Cl)c3)C2=O)c(OCc2ccccc2)c1. The molecule has 0 radical (unpaired) electrons. The van der Waals surface area contributed by atoms with Crippen LogP contribution in [0.25, 0.3) is 6.08 Å². The molecular formula is C27H24ClFN2O2S2. The Morgan fingerprint density at radius 2 is 1.83 bits per heavy atom. The van der Waals surface area contributed by atoms with E-state index in [0.29, 0.717) is 27.3 Å². The number of halogens is 2. The summed E-state index contributed by atoms with van der Waals surface area (Å²) in [7, 11) is 0. The van der Waals surface area contributed by atoms with E-state index >= 15 is 0 Å². The van der Waals surface area contributed by atoms with Gasteiger partial charge in [-0.1, -0.05) is 65.9 Å². The van der Waals surface area contributed by atoms with E-state index < -0.39 is 5.82 Å². The molecule has 0 N–H and O–H groups in total. The molecule has 8 heteroatoms. The number of carbonyl (C=O) groups is 1. The van der Waals surface area contributed by atoms with Crippen molar-refractivity contribution in [2.24, 2.45) is 0 Å². The number of benzene rings is 3. The highest BCUT2D eigenvalue weighted by Gasteiger charge is 2.34. The lowest BCUT2D eigenvalue weighted by Gasteiger charge is -2.22. The van der Waals surface area contributed by atoms with E-state index in [9.17, 15) is 9.18 Å². The molecule has 4 rings (SSSR count). The zero-order chi connectivity index (χ0) is 24.9. The molecule has 0 aromatic heterocycles. The van der Waals surface area contributed by atoms with Crippen molar-refractivity contribution in [2.75, 3.05) is 22.9 Å². The molecule has 1 amide bonds. The smallest absolute Gasteiger partial charge is 0.270 e. The largest absolute Gasteiger partial charge is 0.488 e. The van der Waals surface area contributed by atoms with Gasteiger partial charge in [0.15, 0.2) is 4.32 Å². The molecule has 1 heterocycles. The summed E-state index contributed by atoms with van der Waals surface area (Å²) in [4.78, 5) is 17.3. The molecule has 0 bridgehead atoms. The monoisotopic (exact) mass is 526 g/mol. The summed E-state index contributed by atoms with van der Waals surface area (Å²) in [6, 6.07) is 20.0. The number of amides is 1. The van der Waals surface area contributed by atoms with Gasteiger partial charge in [-0.2, -0.15) is 0 Å². The van der Waals surface area contributed by atoms with Gasteiger partial charge in [-0.25, -0.2) is 4.39 Å². The van der Waals surface area contributed by atoms with Crippen LogP contribution < -0.4 is 14.5 Å². The first-order chi connectivity index (χ1) is 16.9. The van der Waals surface area contributed by atoms with E-state index in [-0.39, 0.29) is 10.9 Å². The summed E-state index contributed by atoms with van der Waals surface area (Å²) >= 11 is 12.6.